The molecule has 0 unspecified atom stereocenters. The zero-order valence-electron chi connectivity index (χ0n) is 12.0. The van der Waals surface area contributed by atoms with Gasteiger partial charge in [-0.2, -0.15) is 0 Å². The molecule has 2 amide bonds. The maximum atomic E-state index is 11.8. The van der Waals surface area contributed by atoms with Gasteiger partial charge in [-0.1, -0.05) is 0 Å². The average Bonchev–Trinajstić information content (AvgIpc) is 2.45. The maximum absolute atomic E-state index is 11.8. The number of aliphatic hydroxyl groups is 1. The highest BCUT2D eigenvalue weighted by molar-refractivity contribution is 5.83. The number of carbonyl (C=O) groups excluding carboxylic acids is 2. The normalized spacial score (nSPS) is 23.0. The summed E-state index contributed by atoms with van der Waals surface area (Å²) in [5.74, 6) is -1.72. The summed E-state index contributed by atoms with van der Waals surface area (Å²) in [4.78, 5) is 33.8. The molecule has 0 aliphatic heterocycles. The Labute approximate surface area is 122 Å². The predicted octanol–water partition coefficient (Wildman–Crippen LogP) is -0.00450. The largest absolute Gasteiger partial charge is 0.480 e. The first kappa shape index (κ1) is 17.2. The lowest BCUT2D eigenvalue weighted by Gasteiger charge is -2.26. The summed E-state index contributed by atoms with van der Waals surface area (Å²) in [5.41, 5.74) is 0. The molecule has 1 aliphatic rings. The van der Waals surface area contributed by atoms with Gasteiger partial charge in [0, 0.05) is 12.5 Å². The van der Waals surface area contributed by atoms with Gasteiger partial charge in [-0.25, -0.2) is 9.59 Å². The van der Waals surface area contributed by atoms with Gasteiger partial charge in [0.15, 0.2) is 0 Å². The van der Waals surface area contributed by atoms with Crippen molar-refractivity contribution in [2.24, 2.45) is 0 Å². The number of aliphatic hydroxyl groups excluding tert-OH is 1. The molecule has 0 radical (unpaired) electrons. The zero-order valence-corrected chi connectivity index (χ0v) is 12.0. The standard InChI is InChI=1S/C13H22N2O6/c1-21-11(17)7-6-10(12(18)19)15-13(20)14-8-2-4-9(16)5-3-8/h8-10,16H,2-7H2,1H3,(H,18,19)(H2,14,15,20)/t8?,9?,10-/m0/s1. The molecule has 21 heavy (non-hydrogen) atoms. The fraction of sp³-hybridized carbons (Fsp3) is 0.769. The fourth-order valence-corrected chi connectivity index (χ4v) is 2.23. The third-order valence-electron chi connectivity index (χ3n) is 3.50. The Balaban J connectivity index is 2.38. The van der Waals surface area contributed by atoms with E-state index < -0.39 is 24.0 Å². The Morgan fingerprint density at radius 2 is 1.86 bits per heavy atom. The number of amides is 2. The molecule has 0 aromatic rings. The van der Waals surface area contributed by atoms with E-state index in [1.165, 1.54) is 7.11 Å². The van der Waals surface area contributed by atoms with Gasteiger partial charge in [-0.05, 0) is 32.1 Å². The molecule has 0 saturated heterocycles. The van der Waals surface area contributed by atoms with E-state index in [9.17, 15) is 19.5 Å². The number of nitrogens with one attached hydrogen (secondary N) is 2. The van der Waals surface area contributed by atoms with Crippen molar-refractivity contribution in [3.63, 3.8) is 0 Å². The molecular formula is C13H22N2O6. The summed E-state index contributed by atoms with van der Waals surface area (Å²) < 4.78 is 4.43. The molecule has 120 valence electrons. The molecule has 1 atom stereocenters. The third-order valence-corrected chi connectivity index (χ3v) is 3.50. The lowest BCUT2D eigenvalue weighted by Crippen LogP contribution is -2.50. The molecule has 0 spiro atoms. The van der Waals surface area contributed by atoms with Crippen LogP contribution in [0.2, 0.25) is 0 Å². The number of rotatable bonds is 6. The monoisotopic (exact) mass is 302 g/mol. The number of carboxylic acid groups (broad SMARTS) is 1. The van der Waals surface area contributed by atoms with Gasteiger partial charge in [-0.15, -0.1) is 0 Å². The highest BCUT2D eigenvalue weighted by atomic mass is 16.5. The predicted molar refractivity (Wildman–Crippen MR) is 72.6 cm³/mol. The zero-order chi connectivity index (χ0) is 15.8. The number of hydrogen-bond acceptors (Lipinski definition) is 5. The van der Waals surface area contributed by atoms with Crippen molar-refractivity contribution in [1.29, 1.82) is 0 Å². The summed E-state index contributed by atoms with van der Waals surface area (Å²) in [6, 6.07) is -1.78. The first-order valence-corrected chi connectivity index (χ1v) is 6.97. The van der Waals surface area contributed by atoms with Gasteiger partial charge in [0.1, 0.15) is 6.04 Å². The van der Waals surface area contributed by atoms with E-state index in [4.69, 9.17) is 5.11 Å². The van der Waals surface area contributed by atoms with Gasteiger partial charge in [-0.3, -0.25) is 4.79 Å². The Bertz CT molecular complexity index is 379. The minimum Gasteiger partial charge on any atom is -0.480 e. The topological polar surface area (TPSA) is 125 Å². The van der Waals surface area contributed by atoms with Crippen LogP contribution in [0.25, 0.3) is 0 Å². The molecule has 1 aliphatic carbocycles. The van der Waals surface area contributed by atoms with Crippen molar-refractivity contribution in [3.8, 4) is 0 Å². The first-order valence-electron chi connectivity index (χ1n) is 6.97. The van der Waals surface area contributed by atoms with Crippen LogP contribution in [0.5, 0.6) is 0 Å². The van der Waals surface area contributed by atoms with E-state index in [-0.39, 0.29) is 25.0 Å². The number of esters is 1. The van der Waals surface area contributed by atoms with E-state index >= 15 is 0 Å². The lowest BCUT2D eigenvalue weighted by molar-refractivity contribution is -0.142. The number of aliphatic carboxylic acids is 1. The van der Waals surface area contributed by atoms with Crippen molar-refractivity contribution in [2.75, 3.05) is 7.11 Å². The van der Waals surface area contributed by atoms with Crippen molar-refractivity contribution in [1.82, 2.24) is 10.6 Å². The third kappa shape index (κ3) is 6.44. The Hall–Kier alpha value is -1.83. The second-order valence-electron chi connectivity index (χ2n) is 5.13. The van der Waals surface area contributed by atoms with Crippen molar-refractivity contribution < 1.29 is 29.3 Å². The van der Waals surface area contributed by atoms with Crippen molar-refractivity contribution >= 4 is 18.0 Å². The smallest absolute Gasteiger partial charge is 0.326 e. The van der Waals surface area contributed by atoms with E-state index in [0.717, 1.165) is 0 Å². The quantitative estimate of drug-likeness (QED) is 0.512. The first-order chi connectivity index (χ1) is 9.92. The molecular weight excluding hydrogens is 280 g/mol. The SMILES string of the molecule is COC(=O)CC[C@H](NC(=O)NC1CCC(O)CC1)C(=O)O. The average molecular weight is 302 g/mol. The van der Waals surface area contributed by atoms with Crippen LogP contribution in [0, 0.1) is 0 Å². The highest BCUT2D eigenvalue weighted by Gasteiger charge is 2.24. The Morgan fingerprint density at radius 3 is 2.38 bits per heavy atom. The van der Waals surface area contributed by atoms with Gasteiger partial charge in [0.2, 0.25) is 0 Å². The molecule has 8 heteroatoms. The number of methoxy groups -OCH3 is 1. The number of ether oxygens (including phenoxy) is 1. The number of carbonyl (C=O) groups is 3. The second kappa shape index (κ2) is 8.46. The fourth-order valence-electron chi connectivity index (χ4n) is 2.23. The van der Waals surface area contributed by atoms with Crippen molar-refractivity contribution in [3.05, 3.63) is 0 Å². The van der Waals surface area contributed by atoms with Gasteiger partial charge >= 0.3 is 18.0 Å². The minimum atomic E-state index is -1.20. The number of urea groups is 1. The summed E-state index contributed by atoms with van der Waals surface area (Å²) in [6.07, 6.45) is 2.13. The number of hydrogen-bond donors (Lipinski definition) is 4. The van der Waals surface area contributed by atoms with E-state index in [1.807, 2.05) is 0 Å². The van der Waals surface area contributed by atoms with Crippen LogP contribution in [0.3, 0.4) is 0 Å². The summed E-state index contributed by atoms with van der Waals surface area (Å²) >= 11 is 0. The molecule has 4 N–H and O–H groups in total. The van der Waals surface area contributed by atoms with E-state index in [2.05, 4.69) is 15.4 Å². The highest BCUT2D eigenvalue weighted by Crippen LogP contribution is 2.18. The molecule has 0 heterocycles. The molecule has 0 aromatic carbocycles. The molecule has 0 bridgehead atoms. The Morgan fingerprint density at radius 1 is 1.24 bits per heavy atom. The van der Waals surface area contributed by atoms with Gasteiger partial charge in [0.05, 0.1) is 13.2 Å². The van der Waals surface area contributed by atoms with Crippen LogP contribution in [-0.2, 0) is 14.3 Å². The maximum Gasteiger partial charge on any atom is 0.326 e. The molecule has 8 nitrogen and oxygen atoms in total. The molecule has 1 saturated carbocycles. The molecule has 0 aromatic heterocycles. The van der Waals surface area contributed by atoms with Crippen LogP contribution >= 0.6 is 0 Å². The minimum absolute atomic E-state index is 0.0290. The van der Waals surface area contributed by atoms with E-state index in [0.29, 0.717) is 25.7 Å². The van der Waals surface area contributed by atoms with Crippen LogP contribution in [0.15, 0.2) is 0 Å². The van der Waals surface area contributed by atoms with E-state index in [1.54, 1.807) is 0 Å². The molecule has 1 rings (SSSR count). The van der Waals surface area contributed by atoms with Crippen molar-refractivity contribution in [2.45, 2.75) is 56.7 Å². The Kier molecular flexibility index (Phi) is 6.93. The van der Waals surface area contributed by atoms with Crippen LogP contribution in [-0.4, -0.2) is 53.5 Å². The van der Waals surface area contributed by atoms with Gasteiger partial charge in [0.25, 0.3) is 0 Å². The lowest BCUT2D eigenvalue weighted by atomic mass is 9.93. The second-order valence-corrected chi connectivity index (χ2v) is 5.13. The summed E-state index contributed by atoms with van der Waals surface area (Å²) in [6.45, 7) is 0. The summed E-state index contributed by atoms with van der Waals surface area (Å²) in [7, 11) is 1.22. The summed E-state index contributed by atoms with van der Waals surface area (Å²) in [5, 5.41) is 23.4. The van der Waals surface area contributed by atoms with Crippen LogP contribution < -0.4 is 10.6 Å². The molecule has 1 fully saturated rings. The van der Waals surface area contributed by atoms with Crippen LogP contribution in [0.4, 0.5) is 4.79 Å². The van der Waals surface area contributed by atoms with Gasteiger partial charge < -0.3 is 25.6 Å². The number of carboxylic acids is 1. The van der Waals surface area contributed by atoms with Crippen LogP contribution in [0.1, 0.15) is 38.5 Å².